The lowest BCUT2D eigenvalue weighted by Gasteiger charge is -2.18. The van der Waals surface area contributed by atoms with Crippen LogP contribution < -0.4 is 5.32 Å². The molecule has 4 rings (SSSR count). The summed E-state index contributed by atoms with van der Waals surface area (Å²) >= 11 is 0. The number of carbonyl (C=O) groups excluding carboxylic acids is 1. The summed E-state index contributed by atoms with van der Waals surface area (Å²) in [6, 6.07) is 15.7. The standard InChI is InChI=1S/C28H30FN3O3/c1-16(2)30-27(33)20-13-18(21-10-9-17(3)11-22(21)29)12-19(14-20)24-15-25(35-32-24)23-7-6-8-26(31-23)28(4,5)34/h6-14,16,25,34H,15H2,1-5H3,(H,30,33). The fourth-order valence-electron chi connectivity index (χ4n) is 3.96. The number of oxime groups is 1. The molecule has 182 valence electrons. The van der Waals surface area contributed by atoms with Crippen LogP contribution in [0.25, 0.3) is 11.1 Å². The van der Waals surface area contributed by atoms with Crippen molar-refractivity contribution in [2.45, 2.75) is 58.8 Å². The normalized spacial score (nSPS) is 15.7. The SMILES string of the molecule is Cc1ccc(-c2cc(C(=O)NC(C)C)cc(C3=NOC(c4cccc(C(C)(C)O)n4)C3)c2)c(F)c1. The molecule has 3 aromatic rings. The molecule has 0 saturated heterocycles. The van der Waals surface area contributed by atoms with Crippen LogP contribution in [-0.4, -0.2) is 27.8 Å². The van der Waals surface area contributed by atoms with E-state index in [1.54, 1.807) is 38.1 Å². The minimum atomic E-state index is -1.08. The lowest BCUT2D eigenvalue weighted by Crippen LogP contribution is -2.30. The molecule has 1 aromatic heterocycles. The second-order valence-electron chi connectivity index (χ2n) is 9.75. The molecular weight excluding hydrogens is 445 g/mol. The first-order chi connectivity index (χ1) is 16.5. The summed E-state index contributed by atoms with van der Waals surface area (Å²) in [6.07, 6.45) is -0.00656. The van der Waals surface area contributed by atoms with Crippen LogP contribution in [-0.2, 0) is 10.4 Å². The molecule has 0 radical (unpaired) electrons. The van der Waals surface area contributed by atoms with Crippen molar-refractivity contribution in [2.75, 3.05) is 0 Å². The Morgan fingerprint density at radius 1 is 1.14 bits per heavy atom. The van der Waals surface area contributed by atoms with Gasteiger partial charge in [-0.2, -0.15) is 0 Å². The van der Waals surface area contributed by atoms with Gasteiger partial charge in [-0.15, -0.1) is 0 Å². The van der Waals surface area contributed by atoms with E-state index in [2.05, 4.69) is 15.5 Å². The molecular formula is C28H30FN3O3. The summed E-state index contributed by atoms with van der Waals surface area (Å²) in [4.78, 5) is 23.1. The number of halogens is 1. The molecule has 35 heavy (non-hydrogen) atoms. The summed E-state index contributed by atoms with van der Waals surface area (Å²) in [7, 11) is 0. The van der Waals surface area contributed by atoms with Crippen LogP contribution in [0.15, 0.2) is 59.8 Å². The maximum absolute atomic E-state index is 14.8. The van der Waals surface area contributed by atoms with Gasteiger partial charge < -0.3 is 15.3 Å². The Bertz CT molecular complexity index is 1290. The molecule has 0 aliphatic carbocycles. The van der Waals surface area contributed by atoms with Crippen LogP contribution in [0.1, 0.15) is 73.1 Å². The van der Waals surface area contributed by atoms with Crippen molar-refractivity contribution >= 4 is 11.6 Å². The van der Waals surface area contributed by atoms with Gasteiger partial charge in [0.05, 0.1) is 17.1 Å². The number of carbonyl (C=O) groups is 1. The number of pyridine rings is 1. The Kier molecular flexibility index (Phi) is 6.72. The van der Waals surface area contributed by atoms with Crippen molar-refractivity contribution in [2.24, 2.45) is 5.16 Å². The van der Waals surface area contributed by atoms with E-state index in [9.17, 15) is 14.3 Å². The van der Waals surface area contributed by atoms with Crippen molar-refractivity contribution in [3.63, 3.8) is 0 Å². The molecule has 0 spiro atoms. The largest absolute Gasteiger partial charge is 0.385 e. The van der Waals surface area contributed by atoms with E-state index < -0.39 is 11.7 Å². The zero-order valence-electron chi connectivity index (χ0n) is 20.6. The molecule has 2 N–H and O–H groups in total. The summed E-state index contributed by atoms with van der Waals surface area (Å²) in [5, 5.41) is 17.5. The van der Waals surface area contributed by atoms with Gasteiger partial charge in [-0.25, -0.2) is 4.39 Å². The number of nitrogens with one attached hydrogen (secondary N) is 1. The van der Waals surface area contributed by atoms with E-state index in [4.69, 9.17) is 4.84 Å². The third-order valence-corrected chi connectivity index (χ3v) is 5.78. The van der Waals surface area contributed by atoms with Crippen molar-refractivity contribution in [1.82, 2.24) is 10.3 Å². The van der Waals surface area contributed by atoms with E-state index in [0.717, 1.165) is 5.56 Å². The van der Waals surface area contributed by atoms with Crippen molar-refractivity contribution in [3.8, 4) is 11.1 Å². The molecule has 7 heteroatoms. The first-order valence-electron chi connectivity index (χ1n) is 11.7. The number of hydrogen-bond acceptors (Lipinski definition) is 5. The number of rotatable bonds is 6. The smallest absolute Gasteiger partial charge is 0.251 e. The Morgan fingerprint density at radius 2 is 1.89 bits per heavy atom. The summed E-state index contributed by atoms with van der Waals surface area (Å²) in [5.74, 6) is -0.598. The number of amides is 1. The molecule has 1 aliphatic rings. The number of nitrogens with zero attached hydrogens (tertiary/aromatic N) is 2. The fraction of sp³-hybridized carbons (Fsp3) is 0.321. The topological polar surface area (TPSA) is 83.8 Å². The third kappa shape index (κ3) is 5.57. The zero-order valence-corrected chi connectivity index (χ0v) is 20.6. The van der Waals surface area contributed by atoms with Crippen LogP contribution in [0.4, 0.5) is 4.39 Å². The molecule has 1 amide bonds. The molecule has 2 heterocycles. The Morgan fingerprint density at radius 3 is 2.57 bits per heavy atom. The van der Waals surface area contributed by atoms with Crippen LogP contribution in [0, 0.1) is 12.7 Å². The van der Waals surface area contributed by atoms with Crippen LogP contribution >= 0.6 is 0 Å². The molecule has 0 saturated carbocycles. The second kappa shape index (κ2) is 9.58. The van der Waals surface area contributed by atoms with Gasteiger partial charge in [-0.3, -0.25) is 9.78 Å². The fourth-order valence-corrected chi connectivity index (χ4v) is 3.96. The van der Waals surface area contributed by atoms with E-state index in [-0.39, 0.29) is 17.8 Å². The van der Waals surface area contributed by atoms with E-state index in [0.29, 0.717) is 45.8 Å². The quantitative estimate of drug-likeness (QED) is 0.498. The van der Waals surface area contributed by atoms with Gasteiger partial charge in [0.1, 0.15) is 11.4 Å². The zero-order chi connectivity index (χ0) is 25.3. The third-order valence-electron chi connectivity index (χ3n) is 5.78. The summed E-state index contributed by atoms with van der Waals surface area (Å²) < 4.78 is 14.8. The molecule has 1 atom stereocenters. The predicted octanol–water partition coefficient (Wildman–Crippen LogP) is 5.43. The highest BCUT2D eigenvalue weighted by Gasteiger charge is 2.28. The van der Waals surface area contributed by atoms with Crippen molar-refractivity contribution in [3.05, 3.63) is 88.5 Å². The molecule has 1 unspecified atom stereocenters. The monoisotopic (exact) mass is 475 g/mol. The average molecular weight is 476 g/mol. The predicted molar refractivity (Wildman–Crippen MR) is 134 cm³/mol. The van der Waals surface area contributed by atoms with Crippen LogP contribution in [0.2, 0.25) is 0 Å². The van der Waals surface area contributed by atoms with Gasteiger partial charge in [-0.05, 0) is 82.1 Å². The van der Waals surface area contributed by atoms with Crippen LogP contribution in [0.5, 0.6) is 0 Å². The minimum Gasteiger partial charge on any atom is -0.385 e. The number of aromatic nitrogens is 1. The Balaban J connectivity index is 1.69. The van der Waals surface area contributed by atoms with E-state index in [1.807, 2.05) is 45.0 Å². The molecule has 2 aromatic carbocycles. The maximum Gasteiger partial charge on any atom is 0.251 e. The van der Waals surface area contributed by atoms with Gasteiger partial charge in [0.25, 0.3) is 5.91 Å². The summed E-state index contributed by atoms with van der Waals surface area (Å²) in [5.41, 5.74) is 3.66. The van der Waals surface area contributed by atoms with Gasteiger partial charge in [-0.1, -0.05) is 23.4 Å². The molecule has 1 aliphatic heterocycles. The number of aryl methyl sites for hydroxylation is 1. The minimum absolute atomic E-state index is 0.0450. The highest BCUT2D eigenvalue weighted by atomic mass is 19.1. The number of hydrogen-bond donors (Lipinski definition) is 2. The summed E-state index contributed by atoms with van der Waals surface area (Å²) in [6.45, 7) is 8.95. The maximum atomic E-state index is 14.8. The van der Waals surface area contributed by atoms with Gasteiger partial charge >= 0.3 is 0 Å². The highest BCUT2D eigenvalue weighted by molar-refractivity contribution is 6.05. The Labute approximate surface area is 204 Å². The number of benzene rings is 2. The Hall–Kier alpha value is -3.58. The first-order valence-corrected chi connectivity index (χ1v) is 11.7. The van der Waals surface area contributed by atoms with Gasteiger partial charge in [0.2, 0.25) is 0 Å². The van der Waals surface area contributed by atoms with Gasteiger partial charge in [0.15, 0.2) is 6.10 Å². The molecule has 0 fully saturated rings. The molecule has 6 nitrogen and oxygen atoms in total. The highest BCUT2D eigenvalue weighted by Crippen LogP contribution is 2.32. The van der Waals surface area contributed by atoms with Crippen LogP contribution in [0.3, 0.4) is 0 Å². The average Bonchev–Trinajstić information content (AvgIpc) is 3.28. The van der Waals surface area contributed by atoms with Crippen molar-refractivity contribution in [1.29, 1.82) is 0 Å². The second-order valence-corrected chi connectivity index (χ2v) is 9.75. The lowest BCUT2D eigenvalue weighted by atomic mass is 9.94. The van der Waals surface area contributed by atoms with E-state index in [1.165, 1.54) is 6.07 Å². The lowest BCUT2D eigenvalue weighted by molar-refractivity contribution is 0.0677. The van der Waals surface area contributed by atoms with Crippen molar-refractivity contribution < 1.29 is 19.1 Å². The first kappa shape index (κ1) is 24.5. The number of aliphatic hydroxyl groups is 1. The van der Waals surface area contributed by atoms with E-state index >= 15 is 0 Å². The molecule has 0 bridgehead atoms. The van der Waals surface area contributed by atoms with Gasteiger partial charge in [0, 0.05) is 29.2 Å².